The molecule has 20 heavy (non-hydrogen) atoms. The van der Waals surface area contributed by atoms with E-state index in [2.05, 4.69) is 10.6 Å². The van der Waals surface area contributed by atoms with Crippen molar-refractivity contribution in [2.24, 2.45) is 0 Å². The van der Waals surface area contributed by atoms with Crippen molar-refractivity contribution in [2.45, 2.75) is 45.7 Å². The number of carbonyl (C=O) groups excluding carboxylic acids is 1. The molecule has 0 heterocycles. The number of amides is 2. The van der Waals surface area contributed by atoms with Crippen LogP contribution in [0.25, 0.3) is 0 Å². The highest BCUT2D eigenvalue weighted by atomic mass is 16.4. The SMILES string of the molecule is CCC(C)(C)NC(=O)NCc1ccccc1CC(=O)O. The second kappa shape index (κ2) is 6.93. The number of hydrogen-bond acceptors (Lipinski definition) is 2. The van der Waals surface area contributed by atoms with Gasteiger partial charge in [-0.2, -0.15) is 0 Å². The van der Waals surface area contributed by atoms with Gasteiger partial charge in [-0.05, 0) is 31.4 Å². The average molecular weight is 278 g/mol. The largest absolute Gasteiger partial charge is 0.481 e. The molecule has 0 spiro atoms. The molecular weight excluding hydrogens is 256 g/mol. The summed E-state index contributed by atoms with van der Waals surface area (Å²) < 4.78 is 0. The molecule has 5 nitrogen and oxygen atoms in total. The van der Waals surface area contributed by atoms with Gasteiger partial charge >= 0.3 is 12.0 Å². The van der Waals surface area contributed by atoms with E-state index < -0.39 is 5.97 Å². The van der Waals surface area contributed by atoms with Crippen molar-refractivity contribution < 1.29 is 14.7 Å². The van der Waals surface area contributed by atoms with Gasteiger partial charge in [0.1, 0.15) is 0 Å². The van der Waals surface area contributed by atoms with E-state index in [0.717, 1.165) is 17.5 Å². The Hall–Kier alpha value is -2.04. The Morgan fingerprint density at radius 3 is 2.35 bits per heavy atom. The van der Waals surface area contributed by atoms with Gasteiger partial charge in [0.15, 0.2) is 0 Å². The summed E-state index contributed by atoms with van der Waals surface area (Å²) in [5.41, 5.74) is 1.28. The number of aliphatic carboxylic acids is 1. The molecule has 0 saturated heterocycles. The predicted octanol–water partition coefficient (Wildman–Crippen LogP) is 2.30. The zero-order chi connectivity index (χ0) is 15.2. The minimum Gasteiger partial charge on any atom is -0.481 e. The van der Waals surface area contributed by atoms with Crippen molar-refractivity contribution in [3.8, 4) is 0 Å². The fourth-order valence-electron chi connectivity index (χ4n) is 1.68. The fraction of sp³-hybridized carbons (Fsp3) is 0.467. The number of carboxylic acids is 1. The number of carboxylic acid groups (broad SMARTS) is 1. The molecule has 0 aliphatic carbocycles. The minimum absolute atomic E-state index is 0.0417. The van der Waals surface area contributed by atoms with Crippen molar-refractivity contribution in [1.29, 1.82) is 0 Å². The quantitative estimate of drug-likeness (QED) is 0.747. The first-order valence-electron chi connectivity index (χ1n) is 6.68. The van der Waals surface area contributed by atoms with Gasteiger partial charge in [-0.25, -0.2) is 4.79 Å². The first kappa shape index (κ1) is 16.0. The lowest BCUT2D eigenvalue weighted by Gasteiger charge is -2.24. The maximum Gasteiger partial charge on any atom is 0.315 e. The topological polar surface area (TPSA) is 78.4 Å². The molecular formula is C15H22N2O3. The molecule has 0 bridgehead atoms. The van der Waals surface area contributed by atoms with Crippen LogP contribution in [0.1, 0.15) is 38.3 Å². The third-order valence-corrected chi connectivity index (χ3v) is 3.24. The molecule has 5 heteroatoms. The van der Waals surface area contributed by atoms with Crippen LogP contribution in [0.15, 0.2) is 24.3 Å². The van der Waals surface area contributed by atoms with E-state index in [0.29, 0.717) is 6.54 Å². The van der Waals surface area contributed by atoms with Crippen molar-refractivity contribution in [3.63, 3.8) is 0 Å². The zero-order valence-corrected chi connectivity index (χ0v) is 12.2. The highest BCUT2D eigenvalue weighted by Crippen LogP contribution is 2.10. The summed E-state index contributed by atoms with van der Waals surface area (Å²) in [6, 6.07) is 6.96. The summed E-state index contributed by atoms with van der Waals surface area (Å²) in [6.45, 7) is 6.22. The van der Waals surface area contributed by atoms with Crippen LogP contribution in [0.4, 0.5) is 4.79 Å². The van der Waals surface area contributed by atoms with Crippen LogP contribution in [0.3, 0.4) is 0 Å². The molecule has 0 radical (unpaired) electrons. The lowest BCUT2D eigenvalue weighted by Crippen LogP contribution is -2.47. The van der Waals surface area contributed by atoms with E-state index >= 15 is 0 Å². The first-order valence-corrected chi connectivity index (χ1v) is 6.68. The van der Waals surface area contributed by atoms with Gasteiger partial charge < -0.3 is 15.7 Å². The van der Waals surface area contributed by atoms with Gasteiger partial charge in [0.25, 0.3) is 0 Å². The highest BCUT2D eigenvalue weighted by Gasteiger charge is 2.17. The third-order valence-electron chi connectivity index (χ3n) is 3.24. The third kappa shape index (κ3) is 5.30. The van der Waals surface area contributed by atoms with E-state index in [9.17, 15) is 9.59 Å². The normalized spacial score (nSPS) is 10.9. The van der Waals surface area contributed by atoms with Crippen LogP contribution in [-0.2, 0) is 17.8 Å². The Labute approximate surface area is 119 Å². The van der Waals surface area contributed by atoms with Crippen LogP contribution in [0.5, 0.6) is 0 Å². The summed E-state index contributed by atoms with van der Waals surface area (Å²) in [4.78, 5) is 22.6. The summed E-state index contributed by atoms with van der Waals surface area (Å²) in [7, 11) is 0. The second-order valence-corrected chi connectivity index (χ2v) is 5.38. The maximum absolute atomic E-state index is 11.8. The summed E-state index contributed by atoms with van der Waals surface area (Å²) in [5, 5.41) is 14.5. The lowest BCUT2D eigenvalue weighted by atomic mass is 10.0. The average Bonchev–Trinajstić information content (AvgIpc) is 2.36. The lowest BCUT2D eigenvalue weighted by molar-refractivity contribution is -0.136. The number of carbonyl (C=O) groups is 2. The Morgan fingerprint density at radius 2 is 1.80 bits per heavy atom. The molecule has 110 valence electrons. The molecule has 0 unspecified atom stereocenters. The van der Waals surface area contributed by atoms with E-state index in [-0.39, 0.29) is 18.0 Å². The number of nitrogens with one attached hydrogen (secondary N) is 2. The number of hydrogen-bond donors (Lipinski definition) is 3. The Morgan fingerprint density at radius 1 is 1.20 bits per heavy atom. The van der Waals surface area contributed by atoms with Gasteiger partial charge in [-0.1, -0.05) is 31.2 Å². The Balaban J connectivity index is 2.61. The standard InChI is InChI=1S/C15H22N2O3/c1-4-15(2,3)17-14(20)16-10-12-8-6-5-7-11(12)9-13(18)19/h5-8H,4,9-10H2,1-3H3,(H,18,19)(H2,16,17,20). The summed E-state index contributed by atoms with van der Waals surface area (Å²) in [6.07, 6.45) is 0.788. The monoisotopic (exact) mass is 278 g/mol. The van der Waals surface area contributed by atoms with Crippen LogP contribution < -0.4 is 10.6 Å². The molecule has 0 aromatic heterocycles. The number of rotatable bonds is 6. The molecule has 0 aliphatic heterocycles. The minimum atomic E-state index is -0.881. The predicted molar refractivity (Wildman–Crippen MR) is 77.5 cm³/mol. The second-order valence-electron chi connectivity index (χ2n) is 5.38. The van der Waals surface area contributed by atoms with E-state index in [1.165, 1.54) is 0 Å². The van der Waals surface area contributed by atoms with E-state index in [1.807, 2.05) is 32.9 Å². The van der Waals surface area contributed by atoms with Crippen LogP contribution in [0.2, 0.25) is 0 Å². The van der Waals surface area contributed by atoms with E-state index in [4.69, 9.17) is 5.11 Å². The molecule has 3 N–H and O–H groups in total. The van der Waals surface area contributed by atoms with Gasteiger partial charge in [-0.3, -0.25) is 4.79 Å². The smallest absolute Gasteiger partial charge is 0.315 e. The molecule has 0 fully saturated rings. The van der Waals surface area contributed by atoms with Gasteiger partial charge in [0.2, 0.25) is 0 Å². The Kier molecular flexibility index (Phi) is 5.55. The number of benzene rings is 1. The molecule has 1 aromatic rings. The van der Waals surface area contributed by atoms with Crippen molar-refractivity contribution in [3.05, 3.63) is 35.4 Å². The van der Waals surface area contributed by atoms with Crippen LogP contribution in [0, 0.1) is 0 Å². The Bertz CT molecular complexity index is 484. The van der Waals surface area contributed by atoms with Crippen molar-refractivity contribution in [1.82, 2.24) is 10.6 Å². The van der Waals surface area contributed by atoms with Crippen molar-refractivity contribution in [2.75, 3.05) is 0 Å². The highest BCUT2D eigenvalue weighted by molar-refractivity contribution is 5.75. The van der Waals surface area contributed by atoms with Gasteiger partial charge in [0, 0.05) is 12.1 Å². The van der Waals surface area contributed by atoms with Crippen LogP contribution in [-0.4, -0.2) is 22.6 Å². The first-order chi connectivity index (χ1) is 9.34. The number of urea groups is 1. The van der Waals surface area contributed by atoms with E-state index in [1.54, 1.807) is 12.1 Å². The molecule has 0 aliphatic rings. The summed E-state index contributed by atoms with van der Waals surface area (Å²) >= 11 is 0. The molecule has 0 atom stereocenters. The van der Waals surface area contributed by atoms with Crippen molar-refractivity contribution >= 4 is 12.0 Å². The maximum atomic E-state index is 11.8. The van der Waals surface area contributed by atoms with Gasteiger partial charge in [0.05, 0.1) is 6.42 Å². The molecule has 0 saturated carbocycles. The zero-order valence-electron chi connectivity index (χ0n) is 12.2. The summed E-state index contributed by atoms with van der Waals surface area (Å²) in [5.74, 6) is -0.881. The fourth-order valence-corrected chi connectivity index (χ4v) is 1.68. The van der Waals surface area contributed by atoms with Crippen LogP contribution >= 0.6 is 0 Å². The molecule has 2 amide bonds. The molecule has 1 rings (SSSR count). The molecule has 1 aromatic carbocycles. The van der Waals surface area contributed by atoms with Gasteiger partial charge in [-0.15, -0.1) is 0 Å².